The van der Waals surface area contributed by atoms with Gasteiger partial charge in [0.2, 0.25) is 10.0 Å². The molecule has 1 aromatic rings. The van der Waals surface area contributed by atoms with Gasteiger partial charge in [-0.2, -0.15) is 0 Å². The highest BCUT2D eigenvalue weighted by molar-refractivity contribution is 7.89. The average molecular weight is 203 g/mol. The van der Waals surface area contributed by atoms with Crippen LogP contribution >= 0.6 is 0 Å². The minimum Gasteiger partial charge on any atom is -0.506 e. The van der Waals surface area contributed by atoms with E-state index in [1.165, 1.54) is 25.3 Å². The quantitative estimate of drug-likeness (QED) is 0.710. The Balaban J connectivity index is 3.29. The molecule has 6 heteroatoms. The predicted molar refractivity (Wildman–Crippen MR) is 46.0 cm³/mol. The number of ether oxygens (including phenoxy) is 1. The lowest BCUT2D eigenvalue weighted by Crippen LogP contribution is -2.12. The van der Waals surface area contributed by atoms with E-state index in [4.69, 9.17) is 9.88 Å². The van der Waals surface area contributed by atoms with Crippen LogP contribution in [0.1, 0.15) is 0 Å². The fourth-order valence-electron chi connectivity index (χ4n) is 0.865. The van der Waals surface area contributed by atoms with E-state index in [0.29, 0.717) is 5.75 Å². The summed E-state index contributed by atoms with van der Waals surface area (Å²) in [7, 11) is -2.46. The second-order valence-corrected chi connectivity index (χ2v) is 3.91. The van der Waals surface area contributed by atoms with Crippen molar-refractivity contribution in [1.29, 1.82) is 0 Å². The average Bonchev–Trinajstić information content (AvgIpc) is 2.01. The van der Waals surface area contributed by atoms with Crippen LogP contribution in [0.3, 0.4) is 0 Å². The topological polar surface area (TPSA) is 89.6 Å². The molecular weight excluding hydrogens is 194 g/mol. The molecule has 0 aromatic heterocycles. The SMILES string of the molecule is COc1ccc(S(N)(=O)=O)c(O)c1. The van der Waals surface area contributed by atoms with Crippen LogP contribution in [0.4, 0.5) is 0 Å². The van der Waals surface area contributed by atoms with E-state index in [1.807, 2.05) is 0 Å². The van der Waals surface area contributed by atoms with Gasteiger partial charge in [0.1, 0.15) is 16.4 Å². The maximum absolute atomic E-state index is 10.8. The second-order valence-electron chi connectivity index (χ2n) is 2.38. The smallest absolute Gasteiger partial charge is 0.241 e. The van der Waals surface area contributed by atoms with Crippen LogP contribution in [0.5, 0.6) is 11.5 Å². The standard InChI is InChI=1S/C7H9NO4S/c1-12-5-2-3-7(6(9)4-5)13(8,10)11/h2-4,9H,1H3,(H2,8,10,11). The van der Waals surface area contributed by atoms with E-state index < -0.39 is 15.8 Å². The normalized spacial score (nSPS) is 11.2. The first-order chi connectivity index (χ1) is 5.95. The van der Waals surface area contributed by atoms with Crippen molar-refractivity contribution in [2.75, 3.05) is 7.11 Å². The minimum absolute atomic E-state index is 0.312. The molecule has 0 radical (unpaired) electrons. The van der Waals surface area contributed by atoms with E-state index in [2.05, 4.69) is 0 Å². The molecule has 0 aliphatic carbocycles. The number of phenolic OH excluding ortho intramolecular Hbond substituents is 1. The summed E-state index contributed by atoms with van der Waals surface area (Å²) in [4.78, 5) is -0.312. The zero-order valence-corrected chi connectivity index (χ0v) is 7.71. The predicted octanol–water partition coefficient (Wildman–Crippen LogP) is 0.0482. The van der Waals surface area contributed by atoms with Crippen LogP contribution in [0, 0.1) is 0 Å². The van der Waals surface area contributed by atoms with Gasteiger partial charge in [-0.25, -0.2) is 13.6 Å². The highest BCUT2D eigenvalue weighted by atomic mass is 32.2. The Morgan fingerprint density at radius 3 is 2.46 bits per heavy atom. The molecule has 0 unspecified atom stereocenters. The van der Waals surface area contributed by atoms with Gasteiger partial charge in [0.05, 0.1) is 7.11 Å². The number of primary sulfonamides is 1. The van der Waals surface area contributed by atoms with Crippen molar-refractivity contribution in [1.82, 2.24) is 0 Å². The Morgan fingerprint density at radius 2 is 2.08 bits per heavy atom. The molecule has 0 saturated carbocycles. The van der Waals surface area contributed by atoms with Gasteiger partial charge in [0.15, 0.2) is 0 Å². The van der Waals surface area contributed by atoms with Crippen LogP contribution in [0.25, 0.3) is 0 Å². The lowest BCUT2D eigenvalue weighted by molar-refractivity contribution is 0.404. The van der Waals surface area contributed by atoms with E-state index >= 15 is 0 Å². The summed E-state index contributed by atoms with van der Waals surface area (Å²) in [6.07, 6.45) is 0. The molecule has 1 rings (SSSR count). The zero-order chi connectivity index (χ0) is 10.1. The Kier molecular flexibility index (Phi) is 2.44. The number of phenols is 1. The number of nitrogens with two attached hydrogens (primary N) is 1. The Labute approximate surface area is 75.8 Å². The number of aromatic hydroxyl groups is 1. The third-order valence-corrected chi connectivity index (χ3v) is 2.43. The molecule has 0 saturated heterocycles. The number of sulfonamides is 1. The number of hydrogen-bond donors (Lipinski definition) is 2. The molecule has 72 valence electrons. The van der Waals surface area contributed by atoms with Crippen LogP contribution in [0.2, 0.25) is 0 Å². The molecule has 0 amide bonds. The highest BCUT2D eigenvalue weighted by Gasteiger charge is 2.13. The molecule has 0 aliphatic rings. The van der Waals surface area contributed by atoms with Crippen molar-refractivity contribution in [2.45, 2.75) is 4.90 Å². The van der Waals surface area contributed by atoms with Crippen LogP contribution in [0.15, 0.2) is 23.1 Å². The molecule has 0 spiro atoms. The minimum atomic E-state index is -3.86. The third-order valence-electron chi connectivity index (χ3n) is 1.47. The Hall–Kier alpha value is -1.27. The largest absolute Gasteiger partial charge is 0.506 e. The first-order valence-corrected chi connectivity index (χ1v) is 4.89. The molecular formula is C7H9NO4S. The van der Waals surface area contributed by atoms with Crippen LogP contribution in [-0.4, -0.2) is 20.6 Å². The summed E-state index contributed by atoms with van der Waals surface area (Å²) >= 11 is 0. The number of benzene rings is 1. The van der Waals surface area contributed by atoms with Gasteiger partial charge in [-0.1, -0.05) is 0 Å². The van der Waals surface area contributed by atoms with E-state index in [1.54, 1.807) is 0 Å². The van der Waals surface area contributed by atoms with Gasteiger partial charge in [0, 0.05) is 6.07 Å². The van der Waals surface area contributed by atoms with Gasteiger partial charge >= 0.3 is 0 Å². The molecule has 0 aliphatic heterocycles. The summed E-state index contributed by atoms with van der Waals surface area (Å²) in [5, 5.41) is 14.0. The maximum atomic E-state index is 10.8. The molecule has 0 heterocycles. The van der Waals surface area contributed by atoms with Crippen molar-refractivity contribution >= 4 is 10.0 Å². The zero-order valence-electron chi connectivity index (χ0n) is 6.89. The molecule has 0 bridgehead atoms. The monoisotopic (exact) mass is 203 g/mol. The molecule has 5 nitrogen and oxygen atoms in total. The van der Waals surface area contributed by atoms with Crippen LogP contribution < -0.4 is 9.88 Å². The molecule has 13 heavy (non-hydrogen) atoms. The summed E-state index contributed by atoms with van der Waals surface area (Å²) in [5.41, 5.74) is 0. The number of methoxy groups -OCH3 is 1. The van der Waals surface area contributed by atoms with Crippen molar-refractivity contribution < 1.29 is 18.3 Å². The lowest BCUT2D eigenvalue weighted by atomic mass is 10.3. The van der Waals surface area contributed by atoms with Gasteiger partial charge < -0.3 is 9.84 Å². The van der Waals surface area contributed by atoms with Gasteiger partial charge in [-0.3, -0.25) is 0 Å². The fraction of sp³-hybridized carbons (Fsp3) is 0.143. The van der Waals surface area contributed by atoms with Gasteiger partial charge in [0.25, 0.3) is 0 Å². The van der Waals surface area contributed by atoms with Crippen LogP contribution in [-0.2, 0) is 10.0 Å². The van der Waals surface area contributed by atoms with Crippen molar-refractivity contribution in [2.24, 2.45) is 5.14 Å². The Morgan fingerprint density at radius 1 is 1.46 bits per heavy atom. The lowest BCUT2D eigenvalue weighted by Gasteiger charge is -2.03. The summed E-state index contributed by atoms with van der Waals surface area (Å²) in [5.74, 6) is -0.0493. The maximum Gasteiger partial charge on any atom is 0.241 e. The summed E-state index contributed by atoms with van der Waals surface area (Å²) in [6.45, 7) is 0. The van der Waals surface area contributed by atoms with E-state index in [9.17, 15) is 13.5 Å². The van der Waals surface area contributed by atoms with E-state index in [0.717, 1.165) is 0 Å². The number of rotatable bonds is 2. The van der Waals surface area contributed by atoms with Crippen molar-refractivity contribution in [3.63, 3.8) is 0 Å². The highest BCUT2D eigenvalue weighted by Crippen LogP contribution is 2.25. The third kappa shape index (κ3) is 2.10. The number of hydrogen-bond acceptors (Lipinski definition) is 4. The van der Waals surface area contributed by atoms with Crippen molar-refractivity contribution in [3.8, 4) is 11.5 Å². The fourth-order valence-corrected chi connectivity index (χ4v) is 1.47. The second kappa shape index (κ2) is 3.23. The Bertz CT molecular complexity index is 413. The first-order valence-electron chi connectivity index (χ1n) is 3.35. The first kappa shape index (κ1) is 9.82. The molecule has 3 N–H and O–H groups in total. The summed E-state index contributed by atoms with van der Waals surface area (Å²) in [6, 6.07) is 3.77. The van der Waals surface area contributed by atoms with E-state index in [-0.39, 0.29) is 4.90 Å². The van der Waals surface area contributed by atoms with Crippen molar-refractivity contribution in [3.05, 3.63) is 18.2 Å². The molecule has 1 aromatic carbocycles. The van der Waals surface area contributed by atoms with Gasteiger partial charge in [-0.15, -0.1) is 0 Å². The molecule has 0 fully saturated rings. The van der Waals surface area contributed by atoms with Gasteiger partial charge in [-0.05, 0) is 12.1 Å². The summed E-state index contributed by atoms with van der Waals surface area (Å²) < 4.78 is 26.4. The molecule has 0 atom stereocenters.